The van der Waals surface area contributed by atoms with E-state index in [1.54, 1.807) is 22.7 Å². The number of hydrogen-bond donors (Lipinski definition) is 1. The monoisotopic (exact) mass is 411 g/mol. The predicted molar refractivity (Wildman–Crippen MR) is 108 cm³/mol. The van der Waals surface area contributed by atoms with E-state index in [9.17, 15) is 9.18 Å². The predicted octanol–water partition coefficient (Wildman–Crippen LogP) is 2.95. The molecule has 1 aliphatic heterocycles. The molecule has 0 saturated heterocycles. The average molecular weight is 411 g/mol. The summed E-state index contributed by atoms with van der Waals surface area (Å²) in [6.45, 7) is 3.91. The van der Waals surface area contributed by atoms with Gasteiger partial charge in [-0.25, -0.2) is 14.4 Å². The van der Waals surface area contributed by atoms with E-state index in [1.807, 2.05) is 25.3 Å². The van der Waals surface area contributed by atoms with Gasteiger partial charge < -0.3 is 14.7 Å². The molecule has 0 aliphatic carbocycles. The zero-order valence-electron chi connectivity index (χ0n) is 16.7. The van der Waals surface area contributed by atoms with Gasteiger partial charge in [0.05, 0.1) is 37.4 Å². The van der Waals surface area contributed by atoms with Gasteiger partial charge in [-0.1, -0.05) is 0 Å². The van der Waals surface area contributed by atoms with Crippen LogP contribution in [0.2, 0.25) is 0 Å². The third-order valence-corrected chi connectivity index (χ3v) is 5.15. The van der Waals surface area contributed by atoms with Crippen LogP contribution in [0, 0.1) is 5.82 Å². The molecule has 1 aromatic carbocycles. The molecule has 9 heteroatoms. The standard InChI is InChI=1S/C21H22FN5O3/c1-13-3-4-18-19(27(13)14(2)29)6-5-17(15-9-25-26(12-15)7-8-28)20(18)30-21-23-10-16(22)11-24-21/h5-6,9-13,28H,3-4,7-8H2,1-2H3/t13-/m0/s1. The lowest BCUT2D eigenvalue weighted by Gasteiger charge is -2.35. The summed E-state index contributed by atoms with van der Waals surface area (Å²) >= 11 is 0. The van der Waals surface area contributed by atoms with Crippen molar-refractivity contribution >= 4 is 11.6 Å². The average Bonchev–Trinajstić information content (AvgIpc) is 3.18. The number of anilines is 1. The molecule has 8 nitrogen and oxygen atoms in total. The number of aliphatic hydroxyl groups excluding tert-OH is 1. The molecule has 0 bridgehead atoms. The third-order valence-electron chi connectivity index (χ3n) is 5.15. The van der Waals surface area contributed by atoms with E-state index < -0.39 is 5.82 Å². The second kappa shape index (κ2) is 8.19. The zero-order chi connectivity index (χ0) is 21.3. The van der Waals surface area contributed by atoms with E-state index in [0.717, 1.165) is 41.2 Å². The van der Waals surface area contributed by atoms with Crippen LogP contribution in [-0.4, -0.2) is 43.4 Å². The first-order valence-electron chi connectivity index (χ1n) is 9.72. The topological polar surface area (TPSA) is 93.4 Å². The minimum Gasteiger partial charge on any atom is -0.423 e. The summed E-state index contributed by atoms with van der Waals surface area (Å²) in [7, 11) is 0. The number of rotatable bonds is 5. The van der Waals surface area contributed by atoms with Crippen LogP contribution >= 0.6 is 0 Å². The Balaban J connectivity index is 1.85. The molecule has 0 spiro atoms. The Morgan fingerprint density at radius 3 is 2.77 bits per heavy atom. The molecule has 0 radical (unpaired) electrons. The smallest absolute Gasteiger partial charge is 0.322 e. The number of hydrogen-bond acceptors (Lipinski definition) is 6. The van der Waals surface area contributed by atoms with Crippen molar-refractivity contribution in [3.8, 4) is 22.9 Å². The Hall–Kier alpha value is -3.33. The van der Waals surface area contributed by atoms with E-state index in [1.165, 1.54) is 0 Å². The van der Waals surface area contributed by atoms with Gasteiger partial charge in [-0.2, -0.15) is 5.10 Å². The van der Waals surface area contributed by atoms with Crippen molar-refractivity contribution in [2.75, 3.05) is 11.5 Å². The first-order valence-corrected chi connectivity index (χ1v) is 9.72. The maximum Gasteiger partial charge on any atom is 0.322 e. The highest BCUT2D eigenvalue weighted by Gasteiger charge is 2.30. The van der Waals surface area contributed by atoms with Crippen LogP contribution in [0.4, 0.5) is 10.1 Å². The Morgan fingerprint density at radius 1 is 1.30 bits per heavy atom. The number of carbonyl (C=O) groups is 1. The number of carbonyl (C=O) groups excluding carboxylic acids is 1. The Labute approximate surface area is 173 Å². The fraction of sp³-hybridized carbons (Fsp3) is 0.333. The van der Waals surface area contributed by atoms with Crippen LogP contribution in [0.3, 0.4) is 0 Å². The molecule has 1 aliphatic rings. The highest BCUT2D eigenvalue weighted by atomic mass is 19.1. The van der Waals surface area contributed by atoms with Gasteiger partial charge in [-0.05, 0) is 31.9 Å². The van der Waals surface area contributed by atoms with Gasteiger partial charge in [0.15, 0.2) is 5.82 Å². The molecule has 1 amide bonds. The van der Waals surface area contributed by atoms with Crippen LogP contribution in [0.5, 0.6) is 11.8 Å². The number of ether oxygens (including phenoxy) is 1. The van der Waals surface area contributed by atoms with Crippen molar-refractivity contribution in [1.29, 1.82) is 0 Å². The highest BCUT2D eigenvalue weighted by molar-refractivity contribution is 5.95. The van der Waals surface area contributed by atoms with E-state index in [0.29, 0.717) is 18.7 Å². The van der Waals surface area contributed by atoms with Gasteiger partial charge in [-0.15, -0.1) is 0 Å². The molecular formula is C21H22FN5O3. The number of nitrogens with zero attached hydrogens (tertiary/aromatic N) is 5. The lowest BCUT2D eigenvalue weighted by molar-refractivity contribution is -0.117. The van der Waals surface area contributed by atoms with Gasteiger partial charge >= 0.3 is 6.01 Å². The van der Waals surface area contributed by atoms with Crippen molar-refractivity contribution in [2.24, 2.45) is 0 Å². The van der Waals surface area contributed by atoms with Crippen molar-refractivity contribution < 1.29 is 19.0 Å². The largest absolute Gasteiger partial charge is 0.423 e. The van der Waals surface area contributed by atoms with E-state index in [-0.39, 0.29) is 24.6 Å². The van der Waals surface area contributed by atoms with Gasteiger partial charge in [0, 0.05) is 35.9 Å². The summed E-state index contributed by atoms with van der Waals surface area (Å²) in [6.07, 6.45) is 7.06. The molecule has 30 heavy (non-hydrogen) atoms. The zero-order valence-corrected chi connectivity index (χ0v) is 16.7. The summed E-state index contributed by atoms with van der Waals surface area (Å²) in [6, 6.07) is 3.86. The molecule has 2 aromatic heterocycles. The fourth-order valence-corrected chi connectivity index (χ4v) is 3.80. The molecular weight excluding hydrogens is 389 g/mol. The SMILES string of the molecule is CC(=O)N1c2ccc(-c3cnn(CCO)c3)c(Oc3ncc(F)cn3)c2CC[C@@H]1C. The van der Waals surface area contributed by atoms with Crippen molar-refractivity contribution in [1.82, 2.24) is 19.7 Å². The molecule has 1 N–H and O–H groups in total. The maximum absolute atomic E-state index is 13.2. The summed E-state index contributed by atoms with van der Waals surface area (Å²) in [4.78, 5) is 21.9. The summed E-state index contributed by atoms with van der Waals surface area (Å²) in [5.41, 5.74) is 3.19. The minimum absolute atomic E-state index is 0.0156. The molecule has 0 fully saturated rings. The quantitative estimate of drug-likeness (QED) is 0.694. The number of aromatic nitrogens is 4. The van der Waals surface area contributed by atoms with Crippen LogP contribution in [0.1, 0.15) is 25.8 Å². The maximum atomic E-state index is 13.2. The first-order chi connectivity index (χ1) is 14.5. The minimum atomic E-state index is -0.556. The highest BCUT2D eigenvalue weighted by Crippen LogP contribution is 2.44. The number of benzene rings is 1. The summed E-state index contributed by atoms with van der Waals surface area (Å²) in [5.74, 6) is -0.0868. The van der Waals surface area contributed by atoms with Crippen molar-refractivity contribution in [3.63, 3.8) is 0 Å². The third kappa shape index (κ3) is 3.76. The molecule has 3 aromatic rings. The Kier molecular flexibility index (Phi) is 5.45. The first kappa shape index (κ1) is 20.0. The lowest BCUT2D eigenvalue weighted by atomic mass is 9.92. The van der Waals surface area contributed by atoms with Gasteiger partial charge in [-0.3, -0.25) is 9.48 Å². The summed E-state index contributed by atoms with van der Waals surface area (Å²) in [5, 5.41) is 13.4. The molecule has 4 rings (SSSR count). The summed E-state index contributed by atoms with van der Waals surface area (Å²) < 4.78 is 20.9. The number of fused-ring (bicyclic) bond motifs is 1. The van der Waals surface area contributed by atoms with Gasteiger partial charge in [0.2, 0.25) is 5.91 Å². The van der Waals surface area contributed by atoms with Crippen LogP contribution in [-0.2, 0) is 17.8 Å². The van der Waals surface area contributed by atoms with Crippen molar-refractivity contribution in [3.05, 3.63) is 48.3 Å². The van der Waals surface area contributed by atoms with Gasteiger partial charge in [0.1, 0.15) is 5.75 Å². The second-order valence-electron chi connectivity index (χ2n) is 7.22. The van der Waals surface area contributed by atoms with Crippen LogP contribution < -0.4 is 9.64 Å². The van der Waals surface area contributed by atoms with Crippen LogP contribution in [0.25, 0.3) is 11.1 Å². The lowest BCUT2D eigenvalue weighted by Crippen LogP contribution is -2.40. The van der Waals surface area contributed by atoms with Gasteiger partial charge in [0.25, 0.3) is 0 Å². The Morgan fingerprint density at radius 2 is 2.07 bits per heavy atom. The normalized spacial score (nSPS) is 15.7. The van der Waals surface area contributed by atoms with E-state index in [4.69, 9.17) is 9.84 Å². The molecule has 0 unspecified atom stereocenters. The van der Waals surface area contributed by atoms with Crippen molar-refractivity contribution in [2.45, 2.75) is 39.3 Å². The van der Waals surface area contributed by atoms with E-state index >= 15 is 0 Å². The fourth-order valence-electron chi connectivity index (χ4n) is 3.80. The van der Waals surface area contributed by atoms with Crippen LogP contribution in [0.15, 0.2) is 36.9 Å². The molecule has 0 saturated carbocycles. The molecule has 3 heterocycles. The number of aliphatic hydroxyl groups is 1. The second-order valence-corrected chi connectivity index (χ2v) is 7.22. The Bertz CT molecular complexity index is 1070. The number of halogens is 1. The molecule has 156 valence electrons. The number of amides is 1. The molecule has 1 atom stereocenters. The van der Waals surface area contributed by atoms with E-state index in [2.05, 4.69) is 15.1 Å².